The van der Waals surface area contributed by atoms with Gasteiger partial charge < -0.3 is 14.4 Å². The molecule has 1 fully saturated rings. The van der Waals surface area contributed by atoms with E-state index in [1.165, 1.54) is 0 Å². The Morgan fingerprint density at radius 3 is 2.90 bits per heavy atom. The Bertz CT molecular complexity index is 490. The van der Waals surface area contributed by atoms with Crippen molar-refractivity contribution in [3.63, 3.8) is 0 Å². The molecule has 2 aliphatic rings. The number of rotatable bonds is 2. The van der Waals surface area contributed by atoms with Crippen molar-refractivity contribution in [3.05, 3.63) is 11.5 Å². The highest BCUT2D eigenvalue weighted by atomic mass is 16.5. The minimum Gasteiger partial charge on any atom is -0.487 e. The van der Waals surface area contributed by atoms with Gasteiger partial charge in [0, 0.05) is 25.4 Å². The highest BCUT2D eigenvalue weighted by molar-refractivity contribution is 5.56. The molecule has 20 heavy (non-hydrogen) atoms. The summed E-state index contributed by atoms with van der Waals surface area (Å²) in [6.45, 7) is 10.5. The molecule has 2 bridgehead atoms. The van der Waals surface area contributed by atoms with Crippen molar-refractivity contribution in [3.8, 4) is 5.75 Å². The van der Waals surface area contributed by atoms with Crippen molar-refractivity contribution in [2.24, 2.45) is 5.92 Å². The van der Waals surface area contributed by atoms with Gasteiger partial charge in [-0.05, 0) is 5.92 Å². The number of aryl methyl sites for hydroxylation is 1. The maximum Gasteiger partial charge on any atom is 0.183 e. The lowest BCUT2D eigenvalue weighted by Crippen LogP contribution is -2.30. The van der Waals surface area contributed by atoms with E-state index >= 15 is 0 Å². The van der Waals surface area contributed by atoms with Gasteiger partial charge in [0.2, 0.25) is 0 Å². The second-order valence-electron chi connectivity index (χ2n) is 5.88. The molecule has 1 atom stereocenters. The van der Waals surface area contributed by atoms with Crippen molar-refractivity contribution >= 4 is 5.82 Å². The van der Waals surface area contributed by atoms with Crippen molar-refractivity contribution in [1.29, 1.82) is 0 Å². The third kappa shape index (κ3) is 2.46. The van der Waals surface area contributed by atoms with Crippen molar-refractivity contribution in [2.45, 2.75) is 33.1 Å². The maximum absolute atomic E-state index is 6.06. The molecule has 1 unspecified atom stereocenters. The van der Waals surface area contributed by atoms with Crippen molar-refractivity contribution in [2.75, 3.05) is 37.8 Å². The van der Waals surface area contributed by atoms with Crippen LogP contribution in [0.4, 0.5) is 5.82 Å². The lowest BCUT2D eigenvalue weighted by Gasteiger charge is -2.23. The molecule has 3 heterocycles. The third-order valence-corrected chi connectivity index (χ3v) is 3.88. The minimum absolute atomic E-state index is 0.342. The van der Waals surface area contributed by atoms with Gasteiger partial charge in [-0.3, -0.25) is 0 Å². The Morgan fingerprint density at radius 2 is 2.15 bits per heavy atom. The summed E-state index contributed by atoms with van der Waals surface area (Å²) in [6, 6.07) is 0. The number of fused-ring (bicyclic) bond motifs is 4. The van der Waals surface area contributed by atoms with Crippen molar-refractivity contribution in [1.82, 2.24) is 9.97 Å². The standard InChI is InChI=1S/C15H23N3O2/c1-4-12-16-13(10(2)3)14-15(17-12)18-5-6-19-8-11(7-18)9-20-14/h10-11H,4-9H2,1-3H3. The van der Waals surface area contributed by atoms with Crippen LogP contribution in [0.1, 0.15) is 38.2 Å². The Kier molecular flexibility index (Phi) is 3.78. The van der Waals surface area contributed by atoms with E-state index in [2.05, 4.69) is 30.7 Å². The predicted octanol–water partition coefficient (Wildman–Crippen LogP) is 2.01. The highest BCUT2D eigenvalue weighted by Gasteiger charge is 2.30. The normalized spacial score (nSPS) is 22.0. The van der Waals surface area contributed by atoms with E-state index in [-0.39, 0.29) is 0 Å². The van der Waals surface area contributed by atoms with Gasteiger partial charge in [0.15, 0.2) is 11.6 Å². The number of anilines is 1. The lowest BCUT2D eigenvalue weighted by molar-refractivity contribution is 0.101. The van der Waals surface area contributed by atoms with Crippen molar-refractivity contribution < 1.29 is 9.47 Å². The van der Waals surface area contributed by atoms with Gasteiger partial charge in [-0.2, -0.15) is 0 Å². The van der Waals surface area contributed by atoms with Crippen LogP contribution in [0.3, 0.4) is 0 Å². The monoisotopic (exact) mass is 277 g/mol. The number of hydrogen-bond acceptors (Lipinski definition) is 5. The first-order valence-corrected chi connectivity index (χ1v) is 7.55. The van der Waals surface area contributed by atoms with Gasteiger partial charge in [0.1, 0.15) is 5.82 Å². The molecule has 0 radical (unpaired) electrons. The van der Waals surface area contributed by atoms with Gasteiger partial charge in [-0.1, -0.05) is 20.8 Å². The van der Waals surface area contributed by atoms with E-state index < -0.39 is 0 Å². The zero-order valence-electron chi connectivity index (χ0n) is 12.6. The molecule has 1 aromatic rings. The summed E-state index contributed by atoms with van der Waals surface area (Å²) in [6.07, 6.45) is 0.848. The number of nitrogens with zero attached hydrogens (tertiary/aromatic N) is 3. The fourth-order valence-electron chi connectivity index (χ4n) is 2.78. The molecule has 0 amide bonds. The molecule has 0 aromatic carbocycles. The summed E-state index contributed by atoms with van der Waals surface area (Å²) < 4.78 is 11.7. The Balaban J connectivity index is 2.09. The van der Waals surface area contributed by atoms with E-state index in [1.807, 2.05) is 0 Å². The molecule has 0 N–H and O–H groups in total. The third-order valence-electron chi connectivity index (χ3n) is 3.88. The van der Waals surface area contributed by atoms with Crippen LogP contribution in [-0.4, -0.2) is 42.9 Å². The van der Waals surface area contributed by atoms with Crippen LogP contribution < -0.4 is 9.64 Å². The molecule has 1 saturated heterocycles. The van der Waals surface area contributed by atoms with Gasteiger partial charge >= 0.3 is 0 Å². The Hall–Kier alpha value is -1.36. The summed E-state index contributed by atoms with van der Waals surface area (Å²) in [5.41, 5.74) is 1.04. The fourth-order valence-corrected chi connectivity index (χ4v) is 2.78. The van der Waals surface area contributed by atoms with E-state index in [0.29, 0.717) is 18.4 Å². The maximum atomic E-state index is 6.06. The molecule has 3 rings (SSSR count). The number of hydrogen-bond donors (Lipinski definition) is 0. The summed E-state index contributed by atoms with van der Waals surface area (Å²) >= 11 is 0. The molecule has 0 saturated carbocycles. The average Bonchev–Trinajstić information content (AvgIpc) is 2.78. The molecule has 1 aromatic heterocycles. The number of aromatic nitrogens is 2. The summed E-state index contributed by atoms with van der Waals surface area (Å²) in [5, 5.41) is 0. The fraction of sp³-hybridized carbons (Fsp3) is 0.733. The molecular weight excluding hydrogens is 254 g/mol. The van der Waals surface area contributed by atoms with Gasteiger partial charge in [-0.15, -0.1) is 0 Å². The van der Waals surface area contributed by atoms with Crippen LogP contribution in [0, 0.1) is 5.92 Å². The largest absolute Gasteiger partial charge is 0.487 e. The molecule has 5 heteroatoms. The summed E-state index contributed by atoms with van der Waals surface area (Å²) in [4.78, 5) is 11.7. The zero-order chi connectivity index (χ0) is 14.1. The molecular formula is C15H23N3O2. The Morgan fingerprint density at radius 1 is 1.30 bits per heavy atom. The predicted molar refractivity (Wildman–Crippen MR) is 77.5 cm³/mol. The van der Waals surface area contributed by atoms with Gasteiger partial charge in [0.05, 0.1) is 25.5 Å². The molecule has 110 valence electrons. The SMILES string of the molecule is CCc1nc(C(C)C)c2c(n1)N1CCOCC(CO2)C1. The van der Waals surface area contributed by atoms with Crippen LogP contribution in [0.2, 0.25) is 0 Å². The topological polar surface area (TPSA) is 47.5 Å². The van der Waals surface area contributed by atoms with E-state index in [9.17, 15) is 0 Å². The number of ether oxygens (including phenoxy) is 2. The van der Waals surface area contributed by atoms with E-state index in [1.54, 1.807) is 0 Å². The highest BCUT2D eigenvalue weighted by Crippen LogP contribution is 2.36. The molecule has 0 spiro atoms. The first-order valence-electron chi connectivity index (χ1n) is 7.55. The van der Waals surface area contributed by atoms with Gasteiger partial charge in [0.25, 0.3) is 0 Å². The molecule has 5 nitrogen and oxygen atoms in total. The molecule has 0 aliphatic carbocycles. The quantitative estimate of drug-likeness (QED) is 0.827. The van der Waals surface area contributed by atoms with E-state index in [4.69, 9.17) is 14.5 Å². The van der Waals surface area contributed by atoms with Crippen LogP contribution in [-0.2, 0) is 11.2 Å². The summed E-state index contributed by atoms with van der Waals surface area (Å²) in [5.74, 6) is 3.52. The first-order chi connectivity index (χ1) is 9.69. The van der Waals surface area contributed by atoms with Crippen LogP contribution in [0.15, 0.2) is 0 Å². The van der Waals surface area contributed by atoms with E-state index in [0.717, 1.165) is 55.8 Å². The zero-order valence-corrected chi connectivity index (χ0v) is 12.6. The first kappa shape index (κ1) is 13.6. The average molecular weight is 277 g/mol. The summed E-state index contributed by atoms with van der Waals surface area (Å²) in [7, 11) is 0. The Labute approximate surface area is 120 Å². The van der Waals surface area contributed by atoms with Gasteiger partial charge in [-0.25, -0.2) is 9.97 Å². The van der Waals surface area contributed by atoms with Crippen LogP contribution in [0.25, 0.3) is 0 Å². The van der Waals surface area contributed by atoms with Crippen LogP contribution >= 0.6 is 0 Å². The van der Waals surface area contributed by atoms with Crippen LogP contribution in [0.5, 0.6) is 5.75 Å². The molecule has 2 aliphatic heterocycles. The smallest absolute Gasteiger partial charge is 0.183 e. The second-order valence-corrected chi connectivity index (χ2v) is 5.88. The second kappa shape index (κ2) is 5.56. The minimum atomic E-state index is 0.342. The lowest BCUT2D eigenvalue weighted by atomic mass is 10.1.